The van der Waals surface area contributed by atoms with Gasteiger partial charge in [0, 0.05) is 17.9 Å². The molecule has 0 aliphatic carbocycles. The van der Waals surface area contributed by atoms with Crippen LogP contribution in [0.2, 0.25) is 0 Å². The predicted molar refractivity (Wildman–Crippen MR) is 87.6 cm³/mol. The molecule has 1 atom stereocenters. The van der Waals surface area contributed by atoms with E-state index in [1.165, 1.54) is 0 Å². The number of benzene rings is 1. The molecule has 0 amide bonds. The van der Waals surface area contributed by atoms with E-state index in [4.69, 9.17) is 0 Å². The highest BCUT2D eigenvalue weighted by Crippen LogP contribution is 2.33. The summed E-state index contributed by atoms with van der Waals surface area (Å²) in [6.45, 7) is 2.67. The van der Waals surface area contributed by atoms with Gasteiger partial charge >= 0.3 is 0 Å². The van der Waals surface area contributed by atoms with Gasteiger partial charge in [0.25, 0.3) is 0 Å². The first-order valence-corrected chi connectivity index (χ1v) is 10.0. The lowest BCUT2D eigenvalue weighted by Gasteiger charge is -2.28. The maximum Gasteiger partial charge on any atom is 0.180 e. The van der Waals surface area contributed by atoms with Crippen LogP contribution in [0, 0.1) is 0 Å². The molecule has 1 saturated heterocycles. The van der Waals surface area contributed by atoms with E-state index in [1.807, 2.05) is 18.2 Å². The Hall–Kier alpha value is -0.550. The van der Waals surface area contributed by atoms with Crippen molar-refractivity contribution in [1.82, 2.24) is 0 Å². The molecule has 2 rings (SSSR count). The lowest BCUT2D eigenvalue weighted by Crippen LogP contribution is -2.30. The number of hydrogen-bond acceptors (Lipinski definition) is 3. The van der Waals surface area contributed by atoms with Gasteiger partial charge in [0.1, 0.15) is 0 Å². The standard InChI is InChI=1S/C15H22BrNO2S/c1-2-20(18,19)15-10-4-3-9-14(15)17-12-6-8-13(17)7-5-11-16/h3-4,9-10,13H,2,5-8,11-12H2,1H3. The van der Waals surface area contributed by atoms with Crippen molar-refractivity contribution in [3.8, 4) is 0 Å². The molecule has 5 heteroatoms. The Morgan fingerprint density at radius 2 is 2.10 bits per heavy atom. The van der Waals surface area contributed by atoms with Crippen LogP contribution in [0.1, 0.15) is 32.6 Å². The van der Waals surface area contributed by atoms with Crippen LogP contribution in [0.15, 0.2) is 29.2 Å². The fourth-order valence-corrected chi connectivity index (χ4v) is 4.30. The molecule has 112 valence electrons. The van der Waals surface area contributed by atoms with Gasteiger partial charge in [-0.1, -0.05) is 35.0 Å². The Morgan fingerprint density at radius 3 is 2.80 bits per heavy atom. The summed E-state index contributed by atoms with van der Waals surface area (Å²) in [6.07, 6.45) is 4.55. The predicted octanol–water partition coefficient (Wildman–Crippen LogP) is 3.62. The van der Waals surface area contributed by atoms with Crippen LogP contribution in [0.3, 0.4) is 0 Å². The van der Waals surface area contributed by atoms with Crippen molar-refractivity contribution in [3.05, 3.63) is 24.3 Å². The molecule has 0 bridgehead atoms. The molecule has 0 radical (unpaired) electrons. The van der Waals surface area contributed by atoms with E-state index in [0.717, 1.165) is 43.2 Å². The van der Waals surface area contributed by atoms with Crippen molar-refractivity contribution in [2.75, 3.05) is 22.5 Å². The molecule has 1 aliphatic rings. The number of hydrogen-bond donors (Lipinski definition) is 0. The van der Waals surface area contributed by atoms with Gasteiger partial charge in [-0.15, -0.1) is 0 Å². The molecule has 0 aromatic heterocycles. The van der Waals surface area contributed by atoms with Gasteiger partial charge < -0.3 is 4.90 Å². The van der Waals surface area contributed by atoms with Crippen molar-refractivity contribution in [2.45, 2.75) is 43.5 Å². The molecular formula is C15H22BrNO2S. The largest absolute Gasteiger partial charge is 0.367 e. The van der Waals surface area contributed by atoms with Gasteiger partial charge in [-0.2, -0.15) is 0 Å². The van der Waals surface area contributed by atoms with E-state index >= 15 is 0 Å². The molecule has 1 heterocycles. The summed E-state index contributed by atoms with van der Waals surface area (Å²) < 4.78 is 24.5. The smallest absolute Gasteiger partial charge is 0.180 e. The van der Waals surface area contributed by atoms with Gasteiger partial charge in [-0.25, -0.2) is 8.42 Å². The minimum atomic E-state index is -3.16. The van der Waals surface area contributed by atoms with Crippen LogP contribution in [0.5, 0.6) is 0 Å². The van der Waals surface area contributed by atoms with E-state index in [0.29, 0.717) is 10.9 Å². The third-order valence-corrected chi connectivity index (χ3v) is 6.27. The molecule has 0 spiro atoms. The van der Waals surface area contributed by atoms with E-state index < -0.39 is 9.84 Å². The first-order valence-electron chi connectivity index (χ1n) is 7.24. The minimum Gasteiger partial charge on any atom is -0.367 e. The second-order valence-corrected chi connectivity index (χ2v) is 8.23. The highest BCUT2D eigenvalue weighted by molar-refractivity contribution is 9.09. The molecule has 20 heavy (non-hydrogen) atoms. The highest BCUT2D eigenvalue weighted by Gasteiger charge is 2.28. The quantitative estimate of drug-likeness (QED) is 0.727. The zero-order valence-corrected chi connectivity index (χ0v) is 14.3. The summed E-state index contributed by atoms with van der Waals surface area (Å²) >= 11 is 3.48. The van der Waals surface area contributed by atoms with Gasteiger partial charge in [-0.05, 0) is 37.8 Å². The molecule has 1 fully saturated rings. The Bertz CT molecular complexity index is 545. The van der Waals surface area contributed by atoms with Crippen molar-refractivity contribution in [3.63, 3.8) is 0 Å². The van der Waals surface area contributed by atoms with Crippen LogP contribution in [0.4, 0.5) is 5.69 Å². The second kappa shape index (κ2) is 6.94. The molecule has 1 aromatic carbocycles. The zero-order chi connectivity index (χ0) is 14.6. The maximum atomic E-state index is 12.3. The van der Waals surface area contributed by atoms with Crippen molar-refractivity contribution in [1.29, 1.82) is 0 Å². The van der Waals surface area contributed by atoms with E-state index in [-0.39, 0.29) is 5.75 Å². The SMILES string of the molecule is CCS(=O)(=O)c1ccccc1N1CCCC1CCCBr. The normalized spacial score (nSPS) is 19.5. The number of halogens is 1. The maximum absolute atomic E-state index is 12.3. The first-order chi connectivity index (χ1) is 9.60. The topological polar surface area (TPSA) is 37.4 Å². The Kier molecular flexibility index (Phi) is 5.49. The van der Waals surface area contributed by atoms with Gasteiger partial charge in [0.05, 0.1) is 16.3 Å². The second-order valence-electron chi connectivity index (χ2n) is 5.19. The van der Waals surface area contributed by atoms with Crippen LogP contribution in [0.25, 0.3) is 0 Å². The summed E-state index contributed by atoms with van der Waals surface area (Å²) in [7, 11) is -3.16. The van der Waals surface area contributed by atoms with Crippen LogP contribution in [-0.2, 0) is 9.84 Å². The Labute approximate surface area is 130 Å². The summed E-state index contributed by atoms with van der Waals surface area (Å²) in [5.74, 6) is 0.157. The highest BCUT2D eigenvalue weighted by atomic mass is 79.9. The lowest BCUT2D eigenvalue weighted by atomic mass is 10.1. The number of rotatable bonds is 6. The molecule has 1 aliphatic heterocycles. The molecule has 1 unspecified atom stereocenters. The van der Waals surface area contributed by atoms with E-state index in [9.17, 15) is 8.42 Å². The summed E-state index contributed by atoms with van der Waals surface area (Å²) in [4.78, 5) is 2.79. The van der Waals surface area contributed by atoms with Crippen molar-refractivity contribution >= 4 is 31.5 Å². The number of sulfone groups is 1. The molecular weight excluding hydrogens is 338 g/mol. The summed E-state index contributed by atoms with van der Waals surface area (Å²) in [5, 5.41) is 1.01. The molecule has 1 aromatic rings. The fourth-order valence-electron chi connectivity index (χ4n) is 2.88. The monoisotopic (exact) mass is 359 g/mol. The third-order valence-electron chi connectivity index (χ3n) is 3.94. The molecule has 3 nitrogen and oxygen atoms in total. The van der Waals surface area contributed by atoms with Gasteiger partial charge in [0.2, 0.25) is 0 Å². The number of nitrogens with zero attached hydrogens (tertiary/aromatic N) is 1. The third kappa shape index (κ3) is 3.37. The van der Waals surface area contributed by atoms with Gasteiger partial charge in [0.15, 0.2) is 9.84 Å². The van der Waals surface area contributed by atoms with Crippen LogP contribution >= 0.6 is 15.9 Å². The average molecular weight is 360 g/mol. The summed E-state index contributed by atoms with van der Waals surface area (Å²) in [5.41, 5.74) is 0.895. The fraction of sp³-hybridized carbons (Fsp3) is 0.600. The Morgan fingerprint density at radius 1 is 1.35 bits per heavy atom. The summed E-state index contributed by atoms with van der Waals surface area (Å²) in [6, 6.07) is 7.92. The minimum absolute atomic E-state index is 0.157. The number of alkyl halides is 1. The van der Waals surface area contributed by atoms with Crippen LogP contribution < -0.4 is 4.90 Å². The molecule has 0 saturated carbocycles. The van der Waals surface area contributed by atoms with Crippen molar-refractivity contribution < 1.29 is 8.42 Å². The van der Waals surface area contributed by atoms with E-state index in [2.05, 4.69) is 20.8 Å². The van der Waals surface area contributed by atoms with Crippen molar-refractivity contribution in [2.24, 2.45) is 0 Å². The Balaban J connectivity index is 2.33. The van der Waals surface area contributed by atoms with Gasteiger partial charge in [-0.3, -0.25) is 0 Å². The number of anilines is 1. The average Bonchev–Trinajstić information content (AvgIpc) is 2.93. The first kappa shape index (κ1) is 15.8. The zero-order valence-electron chi connectivity index (χ0n) is 11.9. The lowest BCUT2D eigenvalue weighted by molar-refractivity contribution is 0.590. The van der Waals surface area contributed by atoms with Crippen LogP contribution in [-0.4, -0.2) is 32.1 Å². The number of para-hydroxylation sites is 1. The van der Waals surface area contributed by atoms with E-state index in [1.54, 1.807) is 13.0 Å². The molecule has 0 N–H and O–H groups in total.